The topological polar surface area (TPSA) is 24.3 Å². The van der Waals surface area contributed by atoms with Crippen LogP contribution in [0.3, 0.4) is 0 Å². The van der Waals surface area contributed by atoms with E-state index >= 15 is 0 Å². The second-order valence-corrected chi connectivity index (χ2v) is 24.1. The third-order valence-electron chi connectivity index (χ3n) is 18.3. The van der Waals surface area contributed by atoms with Gasteiger partial charge < -0.3 is 14.4 Å². The SMILES string of the molecule is Cn1c2ccccc2c2cc(N(c3ccc4c(c3)C(c3ccc(-c5ccccc5)cc3)(c3ccc(-c5ccccc5)cc3)c3cc(N(c5ccccc5)c5cccc(-c6cccnc6)c5)c5ccccc5c3-4)c3cccc4sc5ccccc5c34)ccc21. The maximum absolute atomic E-state index is 4.55. The molecule has 0 saturated carbocycles. The van der Waals surface area contributed by atoms with E-state index in [0.717, 1.165) is 50.6 Å². The molecule has 0 radical (unpaired) electrons. The highest BCUT2D eigenvalue weighted by atomic mass is 32.1. The van der Waals surface area contributed by atoms with Crippen LogP contribution in [0.4, 0.5) is 34.1 Å². The van der Waals surface area contributed by atoms with Crippen molar-refractivity contribution in [3.63, 3.8) is 0 Å². The van der Waals surface area contributed by atoms with Gasteiger partial charge >= 0.3 is 0 Å². The van der Waals surface area contributed by atoms with E-state index in [1.165, 1.54) is 103 Å². The molecule has 1 aliphatic carbocycles. The van der Waals surface area contributed by atoms with Crippen molar-refractivity contribution >= 4 is 98.2 Å². The fraction of sp³-hybridized carbons (Fsp3) is 0.0241. The van der Waals surface area contributed by atoms with E-state index in [-0.39, 0.29) is 0 Å². The Morgan fingerprint density at radius 1 is 0.341 bits per heavy atom. The van der Waals surface area contributed by atoms with Gasteiger partial charge in [-0.05, 0) is 158 Å². The molecule has 0 amide bonds. The van der Waals surface area contributed by atoms with Gasteiger partial charge in [0.1, 0.15) is 0 Å². The van der Waals surface area contributed by atoms with Crippen LogP contribution in [0.2, 0.25) is 0 Å². The zero-order chi connectivity index (χ0) is 58.3. The molecule has 0 unspecified atom stereocenters. The number of aryl methyl sites for hydroxylation is 1. The van der Waals surface area contributed by atoms with Crippen LogP contribution in [0.25, 0.3) is 97.3 Å². The lowest BCUT2D eigenvalue weighted by Gasteiger charge is -2.36. The smallest absolute Gasteiger partial charge is 0.0715 e. The van der Waals surface area contributed by atoms with Crippen LogP contribution in [0.5, 0.6) is 0 Å². The van der Waals surface area contributed by atoms with Gasteiger partial charge in [-0.3, -0.25) is 4.98 Å². The van der Waals surface area contributed by atoms with Crippen LogP contribution in [0.1, 0.15) is 22.3 Å². The van der Waals surface area contributed by atoms with Gasteiger partial charge in [0.05, 0.1) is 16.8 Å². The minimum absolute atomic E-state index is 0.865. The van der Waals surface area contributed by atoms with E-state index in [4.69, 9.17) is 0 Å². The Morgan fingerprint density at radius 3 is 1.59 bits per heavy atom. The Kier molecular flexibility index (Phi) is 12.2. The Labute approximate surface area is 515 Å². The zero-order valence-corrected chi connectivity index (χ0v) is 49.1. The Balaban J connectivity index is 0.988. The molecule has 0 bridgehead atoms. The lowest BCUT2D eigenvalue weighted by atomic mass is 9.67. The summed E-state index contributed by atoms with van der Waals surface area (Å²) in [5, 5.41) is 7.29. The quantitative estimate of drug-likeness (QED) is 0.129. The van der Waals surface area contributed by atoms with Gasteiger partial charge in [-0.25, -0.2) is 0 Å². The molecule has 0 N–H and O–H groups in total. The first-order valence-corrected chi connectivity index (χ1v) is 30.9. The highest BCUT2D eigenvalue weighted by molar-refractivity contribution is 7.26. The summed E-state index contributed by atoms with van der Waals surface area (Å²) in [5.41, 5.74) is 22.1. The Hall–Kier alpha value is -11.1. The molecule has 0 spiro atoms. The van der Waals surface area contributed by atoms with Crippen LogP contribution in [0, 0.1) is 0 Å². The second-order valence-electron chi connectivity index (χ2n) is 23.1. The molecule has 0 atom stereocenters. The third-order valence-corrected chi connectivity index (χ3v) is 19.5. The van der Waals surface area contributed by atoms with Crippen molar-refractivity contribution in [2.24, 2.45) is 7.05 Å². The Bertz CT molecular complexity index is 5240. The molecular formula is C83H56N4S. The summed E-state index contributed by atoms with van der Waals surface area (Å²) < 4.78 is 4.85. The maximum atomic E-state index is 4.55. The summed E-state index contributed by atoms with van der Waals surface area (Å²) in [6.07, 6.45) is 3.79. The summed E-state index contributed by atoms with van der Waals surface area (Å²) in [6, 6.07) is 115. The van der Waals surface area contributed by atoms with Crippen LogP contribution >= 0.6 is 11.3 Å². The van der Waals surface area contributed by atoms with Gasteiger partial charge in [-0.1, -0.05) is 218 Å². The number of anilines is 6. The van der Waals surface area contributed by atoms with Gasteiger partial charge in [-0.15, -0.1) is 11.3 Å². The normalized spacial score (nSPS) is 12.5. The first-order valence-electron chi connectivity index (χ1n) is 30.1. The van der Waals surface area contributed by atoms with Crippen molar-refractivity contribution < 1.29 is 0 Å². The van der Waals surface area contributed by atoms with Crippen molar-refractivity contribution in [3.8, 4) is 44.5 Å². The molecule has 0 aliphatic heterocycles. The van der Waals surface area contributed by atoms with Gasteiger partial charge in [0.25, 0.3) is 0 Å². The highest BCUT2D eigenvalue weighted by Crippen LogP contribution is 2.61. The third kappa shape index (κ3) is 8.16. The number of para-hydroxylation sites is 2. The number of fused-ring (bicyclic) bond motifs is 11. The van der Waals surface area contributed by atoms with Gasteiger partial charge in [0.15, 0.2) is 0 Å². The summed E-state index contributed by atoms with van der Waals surface area (Å²) in [4.78, 5) is 9.56. The fourth-order valence-corrected chi connectivity index (χ4v) is 15.5. The lowest BCUT2D eigenvalue weighted by molar-refractivity contribution is 0.769. The predicted molar refractivity (Wildman–Crippen MR) is 372 cm³/mol. The van der Waals surface area contributed by atoms with Crippen molar-refractivity contribution in [1.29, 1.82) is 0 Å². The first kappa shape index (κ1) is 51.3. The average molecular weight is 1140 g/mol. The molecule has 0 saturated heterocycles. The van der Waals surface area contributed by atoms with E-state index < -0.39 is 5.41 Å². The molecule has 88 heavy (non-hydrogen) atoms. The lowest BCUT2D eigenvalue weighted by Crippen LogP contribution is -2.29. The number of benzene rings is 13. The molecule has 0 fully saturated rings. The minimum Gasteiger partial charge on any atom is -0.344 e. The Morgan fingerprint density at radius 2 is 0.875 bits per heavy atom. The summed E-state index contributed by atoms with van der Waals surface area (Å²) in [5.74, 6) is 0. The molecule has 17 rings (SSSR count). The largest absolute Gasteiger partial charge is 0.344 e. The summed E-state index contributed by atoms with van der Waals surface area (Å²) >= 11 is 1.86. The monoisotopic (exact) mass is 1140 g/mol. The van der Waals surface area contributed by atoms with Crippen molar-refractivity contribution in [2.45, 2.75) is 5.41 Å². The molecule has 4 nitrogen and oxygen atoms in total. The minimum atomic E-state index is -0.865. The molecule has 3 heterocycles. The van der Waals surface area contributed by atoms with Crippen LogP contribution < -0.4 is 9.80 Å². The molecule has 1 aliphatic rings. The number of pyridine rings is 1. The van der Waals surface area contributed by atoms with Crippen molar-refractivity contribution in [2.75, 3.05) is 9.80 Å². The van der Waals surface area contributed by atoms with Gasteiger partial charge in [-0.2, -0.15) is 0 Å². The predicted octanol–water partition coefficient (Wildman–Crippen LogP) is 22.6. The molecule has 3 aromatic heterocycles. The first-order chi connectivity index (χ1) is 43.6. The van der Waals surface area contributed by atoms with E-state index in [1.54, 1.807) is 0 Å². The van der Waals surface area contributed by atoms with Gasteiger partial charge in [0.2, 0.25) is 0 Å². The standard InChI is InChI=1S/C83H56N4S/c1-85-75-33-15-13-30-68(75)72-51-65(46-48-76(72)85)87(77-34-18-36-80-82(77)71-32-14-16-35-79(71)88-80)66-45-47-70-73(52-66)83(61-41-37-57(38-42-61)55-20-5-2-6-21-55,62-43-39-58(40-44-62)56-22-7-3-8-23-56)74-53-78(67-29-11-12-31-69(67)81(70)74)86(63-26-9-4-10-27-63)64-28-17-24-59(50-64)60-25-19-49-84-54-60/h2-54H,1H3. The number of rotatable bonds is 11. The number of hydrogen-bond acceptors (Lipinski definition) is 4. The number of hydrogen-bond donors (Lipinski definition) is 0. The number of aromatic nitrogens is 2. The molecule has 414 valence electrons. The zero-order valence-electron chi connectivity index (χ0n) is 48.3. The summed E-state index contributed by atoms with van der Waals surface area (Å²) in [7, 11) is 2.19. The van der Waals surface area contributed by atoms with Crippen LogP contribution in [-0.2, 0) is 12.5 Å². The van der Waals surface area contributed by atoms with Crippen LogP contribution in [0.15, 0.2) is 322 Å². The molecule has 16 aromatic rings. The second kappa shape index (κ2) is 20.8. The molecular weight excluding hydrogens is 1090 g/mol. The van der Waals surface area contributed by atoms with Crippen molar-refractivity contribution in [1.82, 2.24) is 9.55 Å². The highest BCUT2D eigenvalue weighted by Gasteiger charge is 2.48. The van der Waals surface area contributed by atoms with E-state index in [1.807, 2.05) is 29.8 Å². The van der Waals surface area contributed by atoms with E-state index in [0.29, 0.717) is 0 Å². The van der Waals surface area contributed by atoms with E-state index in [2.05, 4.69) is 330 Å². The van der Waals surface area contributed by atoms with Crippen molar-refractivity contribution in [3.05, 3.63) is 344 Å². The fourth-order valence-electron chi connectivity index (χ4n) is 14.4. The molecule has 5 heteroatoms. The van der Waals surface area contributed by atoms with Crippen LogP contribution in [-0.4, -0.2) is 9.55 Å². The molecule has 13 aromatic carbocycles. The maximum Gasteiger partial charge on any atom is 0.0715 e. The number of nitrogens with zero attached hydrogens (tertiary/aromatic N) is 4. The van der Waals surface area contributed by atoms with E-state index in [9.17, 15) is 0 Å². The van der Waals surface area contributed by atoms with Gasteiger partial charge in [0, 0.05) is 95.1 Å². The number of thiophene rings is 1. The summed E-state index contributed by atoms with van der Waals surface area (Å²) in [6.45, 7) is 0. The average Bonchev–Trinajstić information content (AvgIpc) is 1.56.